The third kappa shape index (κ3) is 5.05. The molecule has 20 heavy (non-hydrogen) atoms. The maximum Gasteiger partial charge on any atom is 0.221 e. The standard InChI is InChI=1S/C14H26N2O3S/c1-20(18,19)16(13-8-9-13)11-10-14(17)15-12-6-4-2-3-5-7-12/h12-13H,2-11H2,1H3,(H,15,17). The lowest BCUT2D eigenvalue weighted by atomic mass is 10.1. The molecule has 0 bridgehead atoms. The van der Waals surface area contributed by atoms with Gasteiger partial charge in [-0.1, -0.05) is 25.7 Å². The van der Waals surface area contributed by atoms with Gasteiger partial charge in [0.15, 0.2) is 0 Å². The van der Waals surface area contributed by atoms with E-state index in [0.717, 1.165) is 25.7 Å². The molecule has 0 aromatic heterocycles. The van der Waals surface area contributed by atoms with Crippen molar-refractivity contribution < 1.29 is 13.2 Å². The van der Waals surface area contributed by atoms with E-state index >= 15 is 0 Å². The predicted molar refractivity (Wildman–Crippen MR) is 78.8 cm³/mol. The van der Waals surface area contributed by atoms with Crippen molar-refractivity contribution in [2.24, 2.45) is 0 Å². The van der Waals surface area contributed by atoms with Gasteiger partial charge in [0.05, 0.1) is 6.26 Å². The van der Waals surface area contributed by atoms with Crippen LogP contribution in [0.1, 0.15) is 57.8 Å². The second-order valence-electron chi connectivity index (χ2n) is 6.11. The second kappa shape index (κ2) is 6.89. The summed E-state index contributed by atoms with van der Waals surface area (Å²) in [7, 11) is -3.18. The van der Waals surface area contributed by atoms with Crippen molar-refractivity contribution in [2.75, 3.05) is 12.8 Å². The Bertz CT molecular complexity index is 424. The summed E-state index contributed by atoms with van der Waals surface area (Å²) in [4.78, 5) is 12.0. The fourth-order valence-corrected chi connectivity index (χ4v) is 4.09. The first kappa shape index (κ1) is 15.8. The highest BCUT2D eigenvalue weighted by molar-refractivity contribution is 7.88. The molecule has 2 saturated carbocycles. The molecular formula is C14H26N2O3S. The Morgan fingerprint density at radius 2 is 1.70 bits per heavy atom. The summed E-state index contributed by atoms with van der Waals surface area (Å²) >= 11 is 0. The van der Waals surface area contributed by atoms with Gasteiger partial charge in [-0.05, 0) is 25.7 Å². The molecule has 0 aromatic carbocycles. The smallest absolute Gasteiger partial charge is 0.221 e. The molecule has 0 heterocycles. The van der Waals surface area contributed by atoms with Crippen molar-refractivity contribution in [3.05, 3.63) is 0 Å². The summed E-state index contributed by atoms with van der Waals surface area (Å²) in [5.74, 6) is -0.00815. The van der Waals surface area contributed by atoms with Crippen LogP contribution in [0, 0.1) is 0 Å². The second-order valence-corrected chi connectivity index (χ2v) is 8.05. The number of nitrogens with zero attached hydrogens (tertiary/aromatic N) is 1. The van der Waals surface area contributed by atoms with E-state index in [1.54, 1.807) is 0 Å². The van der Waals surface area contributed by atoms with Crippen LogP contribution in [0.15, 0.2) is 0 Å². The Morgan fingerprint density at radius 3 is 2.20 bits per heavy atom. The van der Waals surface area contributed by atoms with Crippen LogP contribution in [0.4, 0.5) is 0 Å². The first-order valence-electron chi connectivity index (χ1n) is 7.73. The number of rotatable bonds is 6. The number of nitrogens with one attached hydrogen (secondary N) is 1. The highest BCUT2D eigenvalue weighted by Crippen LogP contribution is 2.28. The van der Waals surface area contributed by atoms with Gasteiger partial charge in [-0.15, -0.1) is 0 Å². The van der Waals surface area contributed by atoms with Gasteiger partial charge in [-0.2, -0.15) is 4.31 Å². The van der Waals surface area contributed by atoms with E-state index in [9.17, 15) is 13.2 Å². The van der Waals surface area contributed by atoms with Gasteiger partial charge >= 0.3 is 0 Å². The molecule has 0 spiro atoms. The van der Waals surface area contributed by atoms with Crippen LogP contribution in [0.3, 0.4) is 0 Å². The maximum atomic E-state index is 12.0. The zero-order valence-corrected chi connectivity index (χ0v) is 13.1. The van der Waals surface area contributed by atoms with Crippen LogP contribution in [-0.4, -0.2) is 43.5 Å². The number of amides is 1. The van der Waals surface area contributed by atoms with Crippen LogP contribution >= 0.6 is 0 Å². The number of hydrogen-bond acceptors (Lipinski definition) is 3. The van der Waals surface area contributed by atoms with Gasteiger partial charge in [-0.25, -0.2) is 8.42 Å². The number of sulfonamides is 1. The number of carbonyl (C=O) groups excluding carboxylic acids is 1. The first-order chi connectivity index (χ1) is 9.47. The van der Waals surface area contributed by atoms with E-state index in [4.69, 9.17) is 0 Å². The van der Waals surface area contributed by atoms with Crippen molar-refractivity contribution in [2.45, 2.75) is 69.9 Å². The lowest BCUT2D eigenvalue weighted by Gasteiger charge is -2.20. The van der Waals surface area contributed by atoms with Gasteiger partial charge in [0.1, 0.15) is 0 Å². The van der Waals surface area contributed by atoms with Gasteiger partial charge in [0.25, 0.3) is 0 Å². The van der Waals surface area contributed by atoms with Gasteiger partial charge < -0.3 is 5.32 Å². The Kier molecular flexibility index (Phi) is 5.43. The highest BCUT2D eigenvalue weighted by atomic mass is 32.2. The zero-order valence-electron chi connectivity index (χ0n) is 12.3. The van der Waals surface area contributed by atoms with Crippen molar-refractivity contribution in [1.82, 2.24) is 9.62 Å². The average molecular weight is 302 g/mol. The van der Waals surface area contributed by atoms with Crippen molar-refractivity contribution in [3.63, 3.8) is 0 Å². The predicted octanol–water partition coefficient (Wildman–Crippen LogP) is 1.64. The lowest BCUT2D eigenvalue weighted by Crippen LogP contribution is -2.39. The van der Waals surface area contributed by atoms with E-state index in [-0.39, 0.29) is 24.4 Å². The molecular weight excluding hydrogens is 276 g/mol. The molecule has 1 N–H and O–H groups in total. The molecule has 0 atom stereocenters. The van der Waals surface area contributed by atoms with Crippen molar-refractivity contribution in [3.8, 4) is 0 Å². The van der Waals surface area contributed by atoms with Gasteiger partial charge in [0, 0.05) is 25.0 Å². The Hall–Kier alpha value is -0.620. The van der Waals surface area contributed by atoms with Crippen LogP contribution in [-0.2, 0) is 14.8 Å². The van der Waals surface area contributed by atoms with Crippen molar-refractivity contribution >= 4 is 15.9 Å². The number of carbonyl (C=O) groups is 1. The lowest BCUT2D eigenvalue weighted by molar-refractivity contribution is -0.122. The zero-order chi connectivity index (χ0) is 14.6. The normalized spacial score (nSPS) is 21.7. The minimum Gasteiger partial charge on any atom is -0.353 e. The Labute approximate surface area is 122 Å². The fraction of sp³-hybridized carbons (Fsp3) is 0.929. The topological polar surface area (TPSA) is 66.5 Å². The fourth-order valence-electron chi connectivity index (χ4n) is 2.92. The molecule has 0 aliphatic heterocycles. The third-order valence-electron chi connectivity index (χ3n) is 4.16. The molecule has 2 aliphatic rings. The third-order valence-corrected chi connectivity index (χ3v) is 5.49. The summed E-state index contributed by atoms with van der Waals surface area (Å²) in [5.41, 5.74) is 0. The molecule has 0 saturated heterocycles. The van der Waals surface area contributed by atoms with E-state index in [1.165, 1.54) is 36.2 Å². The SMILES string of the molecule is CS(=O)(=O)N(CCC(=O)NC1CCCCCC1)C1CC1. The summed E-state index contributed by atoms with van der Waals surface area (Å²) in [6.45, 7) is 0.321. The monoisotopic (exact) mass is 302 g/mol. The summed E-state index contributed by atoms with van der Waals surface area (Å²) in [6.07, 6.45) is 10.4. The van der Waals surface area contributed by atoms with E-state index < -0.39 is 10.0 Å². The van der Waals surface area contributed by atoms with Gasteiger partial charge in [0.2, 0.25) is 15.9 Å². The molecule has 0 aromatic rings. The van der Waals surface area contributed by atoms with E-state index in [2.05, 4.69) is 5.32 Å². The quantitative estimate of drug-likeness (QED) is 0.759. The molecule has 2 aliphatic carbocycles. The average Bonchev–Trinajstić information content (AvgIpc) is 3.15. The Balaban J connectivity index is 1.76. The molecule has 6 heteroatoms. The van der Waals surface area contributed by atoms with E-state index in [0.29, 0.717) is 6.54 Å². The van der Waals surface area contributed by atoms with Crippen LogP contribution in [0.25, 0.3) is 0 Å². The number of hydrogen-bond donors (Lipinski definition) is 1. The van der Waals surface area contributed by atoms with Crippen LogP contribution < -0.4 is 5.32 Å². The minimum atomic E-state index is -3.18. The highest BCUT2D eigenvalue weighted by Gasteiger charge is 2.34. The molecule has 5 nitrogen and oxygen atoms in total. The first-order valence-corrected chi connectivity index (χ1v) is 9.58. The largest absolute Gasteiger partial charge is 0.353 e. The molecule has 1 amide bonds. The van der Waals surface area contributed by atoms with E-state index in [1.807, 2.05) is 0 Å². The van der Waals surface area contributed by atoms with Gasteiger partial charge in [-0.3, -0.25) is 4.79 Å². The van der Waals surface area contributed by atoms with Crippen LogP contribution in [0.5, 0.6) is 0 Å². The minimum absolute atomic E-state index is 0.00815. The maximum absolute atomic E-state index is 12.0. The van der Waals surface area contributed by atoms with Crippen molar-refractivity contribution in [1.29, 1.82) is 0 Å². The van der Waals surface area contributed by atoms with Crippen LogP contribution in [0.2, 0.25) is 0 Å². The molecule has 2 fully saturated rings. The summed E-state index contributed by atoms with van der Waals surface area (Å²) in [6, 6.07) is 0.424. The summed E-state index contributed by atoms with van der Waals surface area (Å²) < 4.78 is 24.8. The molecule has 2 rings (SSSR count). The molecule has 0 unspecified atom stereocenters. The molecule has 0 radical (unpaired) electrons. The Morgan fingerprint density at radius 1 is 1.10 bits per heavy atom. The molecule has 116 valence electrons. The summed E-state index contributed by atoms with van der Waals surface area (Å²) in [5, 5.41) is 3.06.